The molecular formula is C15H10Cl2O2. The van der Waals surface area contributed by atoms with E-state index in [0.29, 0.717) is 27.0 Å². The van der Waals surface area contributed by atoms with Crippen molar-refractivity contribution in [2.45, 2.75) is 6.10 Å². The Morgan fingerprint density at radius 3 is 2.53 bits per heavy atom. The lowest BCUT2D eigenvalue weighted by Gasteiger charge is -2.07. The summed E-state index contributed by atoms with van der Waals surface area (Å²) in [6.07, 6.45) is -0.843. The molecule has 1 atom stereocenters. The zero-order chi connectivity index (χ0) is 13.4. The average molecular weight is 293 g/mol. The first-order chi connectivity index (χ1) is 9.13. The number of hydrogen-bond donors (Lipinski definition) is 1. The second-order valence-electron chi connectivity index (χ2n) is 4.29. The van der Waals surface area contributed by atoms with E-state index in [1.54, 1.807) is 48.5 Å². The standard InChI is InChI=1S/C15H10Cl2O2/c16-11-3-1-2-9(6-11)15(18)14-8-10-7-12(17)4-5-13(10)19-14/h1-8,15,18H. The lowest BCUT2D eigenvalue weighted by Crippen LogP contribution is -1.97. The van der Waals surface area contributed by atoms with E-state index in [2.05, 4.69) is 0 Å². The van der Waals surface area contributed by atoms with Crippen LogP contribution in [-0.2, 0) is 0 Å². The van der Waals surface area contributed by atoms with Crippen molar-refractivity contribution in [2.24, 2.45) is 0 Å². The number of rotatable bonds is 2. The molecule has 3 rings (SSSR count). The summed E-state index contributed by atoms with van der Waals surface area (Å²) in [6.45, 7) is 0. The molecule has 0 aliphatic carbocycles. The van der Waals surface area contributed by atoms with Crippen LogP contribution < -0.4 is 0 Å². The maximum atomic E-state index is 10.3. The van der Waals surface area contributed by atoms with Gasteiger partial charge in [0.15, 0.2) is 0 Å². The minimum Gasteiger partial charge on any atom is -0.458 e. The van der Waals surface area contributed by atoms with E-state index in [1.165, 1.54) is 0 Å². The fraction of sp³-hybridized carbons (Fsp3) is 0.0667. The van der Waals surface area contributed by atoms with Crippen LogP contribution in [0.1, 0.15) is 17.4 Å². The van der Waals surface area contributed by atoms with Gasteiger partial charge in [0.1, 0.15) is 17.4 Å². The van der Waals surface area contributed by atoms with Gasteiger partial charge in [0.25, 0.3) is 0 Å². The van der Waals surface area contributed by atoms with E-state index in [4.69, 9.17) is 27.6 Å². The van der Waals surface area contributed by atoms with Gasteiger partial charge in [-0.2, -0.15) is 0 Å². The summed E-state index contributed by atoms with van der Waals surface area (Å²) in [4.78, 5) is 0. The summed E-state index contributed by atoms with van der Waals surface area (Å²) < 4.78 is 5.63. The van der Waals surface area contributed by atoms with Gasteiger partial charge in [0, 0.05) is 15.4 Å². The molecule has 19 heavy (non-hydrogen) atoms. The number of halogens is 2. The summed E-state index contributed by atoms with van der Waals surface area (Å²) in [6, 6.07) is 14.2. The van der Waals surface area contributed by atoms with Crippen LogP contribution in [0.3, 0.4) is 0 Å². The SMILES string of the molecule is OC(c1cccc(Cl)c1)c1cc2cc(Cl)ccc2o1. The number of furan rings is 1. The van der Waals surface area contributed by atoms with Crippen LogP contribution >= 0.6 is 23.2 Å². The largest absolute Gasteiger partial charge is 0.458 e. The van der Waals surface area contributed by atoms with Crippen molar-refractivity contribution in [1.29, 1.82) is 0 Å². The van der Waals surface area contributed by atoms with E-state index in [-0.39, 0.29) is 0 Å². The number of benzene rings is 2. The van der Waals surface area contributed by atoms with Crippen molar-refractivity contribution in [3.05, 3.63) is 69.9 Å². The normalized spacial score (nSPS) is 12.8. The topological polar surface area (TPSA) is 33.4 Å². The number of hydrogen-bond acceptors (Lipinski definition) is 2. The molecule has 2 aromatic carbocycles. The van der Waals surface area contributed by atoms with Crippen molar-refractivity contribution in [2.75, 3.05) is 0 Å². The molecule has 1 heterocycles. The molecule has 0 saturated carbocycles. The first kappa shape index (κ1) is 12.5. The summed E-state index contributed by atoms with van der Waals surface area (Å²) in [5.41, 5.74) is 1.39. The molecular weight excluding hydrogens is 283 g/mol. The number of aliphatic hydroxyl groups is 1. The van der Waals surface area contributed by atoms with Gasteiger partial charge in [-0.1, -0.05) is 35.3 Å². The minimum atomic E-state index is -0.843. The third kappa shape index (κ3) is 2.47. The second-order valence-corrected chi connectivity index (χ2v) is 5.16. The molecule has 0 aliphatic rings. The molecule has 0 spiro atoms. The zero-order valence-corrected chi connectivity index (χ0v) is 11.3. The fourth-order valence-corrected chi connectivity index (χ4v) is 2.39. The summed E-state index contributed by atoms with van der Waals surface area (Å²) in [5.74, 6) is 0.472. The molecule has 1 N–H and O–H groups in total. The van der Waals surface area contributed by atoms with E-state index < -0.39 is 6.10 Å². The molecule has 1 unspecified atom stereocenters. The molecule has 4 heteroatoms. The predicted molar refractivity (Wildman–Crippen MR) is 76.7 cm³/mol. The summed E-state index contributed by atoms with van der Waals surface area (Å²) in [7, 11) is 0. The van der Waals surface area contributed by atoms with Gasteiger partial charge >= 0.3 is 0 Å². The van der Waals surface area contributed by atoms with Crippen molar-refractivity contribution in [1.82, 2.24) is 0 Å². The minimum absolute atomic E-state index is 0.472. The Kier molecular flexibility index (Phi) is 3.23. The Bertz CT molecular complexity index is 734. The first-order valence-corrected chi connectivity index (χ1v) is 6.51. The van der Waals surface area contributed by atoms with Crippen LogP contribution in [0.25, 0.3) is 11.0 Å². The number of fused-ring (bicyclic) bond motifs is 1. The third-order valence-corrected chi connectivity index (χ3v) is 3.40. The lowest BCUT2D eigenvalue weighted by atomic mass is 10.1. The monoisotopic (exact) mass is 292 g/mol. The molecule has 3 aromatic rings. The molecule has 0 bridgehead atoms. The molecule has 96 valence electrons. The zero-order valence-electron chi connectivity index (χ0n) is 9.81. The van der Waals surface area contributed by atoms with Crippen LogP contribution in [0, 0.1) is 0 Å². The Balaban J connectivity index is 2.04. The van der Waals surface area contributed by atoms with Gasteiger partial charge < -0.3 is 9.52 Å². The fourth-order valence-electron chi connectivity index (χ4n) is 2.01. The third-order valence-electron chi connectivity index (χ3n) is 2.93. The van der Waals surface area contributed by atoms with E-state index in [1.807, 2.05) is 0 Å². The molecule has 0 fully saturated rings. The molecule has 0 aliphatic heterocycles. The average Bonchev–Trinajstić information content (AvgIpc) is 2.80. The van der Waals surface area contributed by atoms with Crippen molar-refractivity contribution in [3.63, 3.8) is 0 Å². The van der Waals surface area contributed by atoms with Crippen LogP contribution in [0.4, 0.5) is 0 Å². The van der Waals surface area contributed by atoms with Gasteiger partial charge in [-0.15, -0.1) is 0 Å². The smallest absolute Gasteiger partial charge is 0.138 e. The van der Waals surface area contributed by atoms with Crippen LogP contribution in [0.2, 0.25) is 10.0 Å². The van der Waals surface area contributed by atoms with Crippen LogP contribution in [0.15, 0.2) is 52.9 Å². The lowest BCUT2D eigenvalue weighted by molar-refractivity contribution is 0.192. The van der Waals surface area contributed by atoms with E-state index in [0.717, 1.165) is 5.39 Å². The van der Waals surface area contributed by atoms with Crippen LogP contribution in [0.5, 0.6) is 0 Å². The van der Waals surface area contributed by atoms with E-state index in [9.17, 15) is 5.11 Å². The Labute approximate surface area is 120 Å². The highest BCUT2D eigenvalue weighted by Crippen LogP contribution is 2.30. The molecule has 1 aromatic heterocycles. The number of aliphatic hydroxyl groups excluding tert-OH is 1. The van der Waals surface area contributed by atoms with Gasteiger partial charge in [0.2, 0.25) is 0 Å². The highest BCUT2D eigenvalue weighted by Gasteiger charge is 2.16. The highest BCUT2D eigenvalue weighted by atomic mass is 35.5. The Morgan fingerprint density at radius 2 is 1.74 bits per heavy atom. The van der Waals surface area contributed by atoms with Crippen molar-refractivity contribution in [3.8, 4) is 0 Å². The summed E-state index contributed by atoms with van der Waals surface area (Å²) in [5, 5.41) is 12.4. The van der Waals surface area contributed by atoms with Gasteiger partial charge in [-0.3, -0.25) is 0 Å². The maximum absolute atomic E-state index is 10.3. The van der Waals surface area contributed by atoms with Crippen molar-refractivity contribution < 1.29 is 9.52 Å². The molecule has 2 nitrogen and oxygen atoms in total. The van der Waals surface area contributed by atoms with Gasteiger partial charge in [0.05, 0.1) is 0 Å². The Morgan fingerprint density at radius 1 is 0.947 bits per heavy atom. The predicted octanol–water partition coefficient (Wildman–Crippen LogP) is 4.82. The van der Waals surface area contributed by atoms with E-state index >= 15 is 0 Å². The molecule has 0 saturated heterocycles. The van der Waals surface area contributed by atoms with Crippen molar-refractivity contribution >= 4 is 34.2 Å². The Hall–Kier alpha value is -1.48. The first-order valence-electron chi connectivity index (χ1n) is 5.76. The molecule has 0 amide bonds. The molecule has 0 radical (unpaired) electrons. The highest BCUT2D eigenvalue weighted by molar-refractivity contribution is 6.31. The van der Waals surface area contributed by atoms with Gasteiger partial charge in [-0.05, 0) is 42.0 Å². The second kappa shape index (κ2) is 4.89. The van der Waals surface area contributed by atoms with Gasteiger partial charge in [-0.25, -0.2) is 0 Å². The summed E-state index contributed by atoms with van der Waals surface area (Å²) >= 11 is 11.8. The van der Waals surface area contributed by atoms with Crippen LogP contribution in [-0.4, -0.2) is 5.11 Å². The maximum Gasteiger partial charge on any atom is 0.138 e. The quantitative estimate of drug-likeness (QED) is 0.734.